The second kappa shape index (κ2) is 8.18. The van der Waals surface area contributed by atoms with E-state index >= 15 is 0 Å². The summed E-state index contributed by atoms with van der Waals surface area (Å²) in [6, 6.07) is 14.0. The molecule has 1 heterocycles. The van der Waals surface area contributed by atoms with Crippen LogP contribution in [0.15, 0.2) is 64.7 Å². The number of hydrogen-bond acceptors (Lipinski definition) is 4. The Morgan fingerprint density at radius 1 is 1.11 bits per heavy atom. The fourth-order valence-electron chi connectivity index (χ4n) is 2.91. The second-order valence-electron chi connectivity index (χ2n) is 6.03. The number of hydrogen-bond donors (Lipinski definition) is 3. The van der Waals surface area contributed by atoms with Crippen LogP contribution >= 0.6 is 11.8 Å². The number of allylic oxidation sites excluding steroid dienone is 1. The third-order valence-corrected chi connectivity index (χ3v) is 5.05. The normalized spacial score (nSPS) is 16.4. The van der Waals surface area contributed by atoms with Gasteiger partial charge in [0.15, 0.2) is 0 Å². The van der Waals surface area contributed by atoms with Gasteiger partial charge in [-0.05, 0) is 55.1 Å². The highest BCUT2D eigenvalue weighted by Gasteiger charge is 2.31. The van der Waals surface area contributed by atoms with Crippen molar-refractivity contribution in [3.05, 3.63) is 65.4 Å². The van der Waals surface area contributed by atoms with E-state index in [2.05, 4.69) is 16.0 Å². The van der Waals surface area contributed by atoms with E-state index in [1.165, 1.54) is 0 Å². The van der Waals surface area contributed by atoms with Gasteiger partial charge in [-0.25, -0.2) is 4.79 Å². The lowest BCUT2D eigenvalue weighted by Crippen LogP contribution is -2.45. The van der Waals surface area contributed by atoms with Crippen molar-refractivity contribution in [1.82, 2.24) is 10.6 Å². The maximum absolute atomic E-state index is 13.0. The quantitative estimate of drug-likeness (QED) is 0.688. The lowest BCUT2D eigenvalue weighted by Gasteiger charge is -2.28. The van der Waals surface area contributed by atoms with Crippen LogP contribution in [0.3, 0.4) is 0 Å². The maximum atomic E-state index is 13.0. The number of carbonyl (C=O) groups is 2. The topological polar surface area (TPSA) is 79.5 Å². The van der Waals surface area contributed by atoms with Crippen LogP contribution in [0.25, 0.3) is 0 Å². The monoisotopic (exact) mass is 383 g/mol. The maximum Gasteiger partial charge on any atom is 0.319 e. The van der Waals surface area contributed by atoms with Gasteiger partial charge in [-0.15, -0.1) is 11.8 Å². The largest absolute Gasteiger partial charge is 0.497 e. The van der Waals surface area contributed by atoms with Gasteiger partial charge >= 0.3 is 6.03 Å². The van der Waals surface area contributed by atoms with Crippen molar-refractivity contribution in [1.29, 1.82) is 0 Å². The molecule has 140 valence electrons. The minimum atomic E-state index is -0.520. The number of nitrogens with one attached hydrogen (secondary N) is 3. The van der Waals surface area contributed by atoms with Gasteiger partial charge in [0.1, 0.15) is 5.75 Å². The van der Waals surface area contributed by atoms with E-state index in [1.807, 2.05) is 30.5 Å². The zero-order chi connectivity index (χ0) is 19.4. The molecule has 1 aliphatic rings. The van der Waals surface area contributed by atoms with E-state index in [4.69, 9.17) is 4.74 Å². The van der Waals surface area contributed by atoms with Crippen molar-refractivity contribution in [3.8, 4) is 5.75 Å². The minimum Gasteiger partial charge on any atom is -0.497 e. The van der Waals surface area contributed by atoms with E-state index < -0.39 is 6.04 Å². The highest BCUT2D eigenvalue weighted by atomic mass is 32.2. The van der Waals surface area contributed by atoms with Crippen LogP contribution in [0, 0.1) is 0 Å². The summed E-state index contributed by atoms with van der Waals surface area (Å²) in [7, 11) is 1.59. The number of rotatable bonds is 5. The van der Waals surface area contributed by atoms with Crippen LogP contribution in [-0.4, -0.2) is 25.3 Å². The van der Waals surface area contributed by atoms with E-state index in [-0.39, 0.29) is 11.9 Å². The molecular formula is C20H21N3O3S. The molecule has 0 fully saturated rings. The van der Waals surface area contributed by atoms with Gasteiger partial charge in [-0.3, -0.25) is 4.79 Å². The fourth-order valence-corrected chi connectivity index (χ4v) is 3.32. The van der Waals surface area contributed by atoms with Gasteiger partial charge in [0, 0.05) is 16.3 Å². The summed E-state index contributed by atoms with van der Waals surface area (Å²) < 4.78 is 5.13. The molecule has 7 heteroatoms. The van der Waals surface area contributed by atoms with Crippen LogP contribution in [0.4, 0.5) is 10.5 Å². The van der Waals surface area contributed by atoms with Crippen LogP contribution in [0.1, 0.15) is 18.5 Å². The van der Waals surface area contributed by atoms with Crippen LogP contribution in [0.5, 0.6) is 5.75 Å². The molecule has 1 aliphatic heterocycles. The minimum absolute atomic E-state index is 0.274. The van der Waals surface area contributed by atoms with Gasteiger partial charge in [-0.1, -0.05) is 12.1 Å². The molecule has 3 rings (SSSR count). The first-order chi connectivity index (χ1) is 13.0. The van der Waals surface area contributed by atoms with E-state index in [9.17, 15) is 9.59 Å². The molecule has 3 amide bonds. The lowest BCUT2D eigenvalue weighted by molar-refractivity contribution is -0.113. The zero-order valence-corrected chi connectivity index (χ0v) is 16.1. The van der Waals surface area contributed by atoms with Crippen LogP contribution in [-0.2, 0) is 4.79 Å². The summed E-state index contributed by atoms with van der Waals surface area (Å²) in [5.41, 5.74) is 2.50. The Hall–Kier alpha value is -2.93. The molecule has 0 saturated carbocycles. The summed E-state index contributed by atoms with van der Waals surface area (Å²) >= 11 is 1.64. The molecule has 3 N–H and O–H groups in total. The summed E-state index contributed by atoms with van der Waals surface area (Å²) in [6.45, 7) is 1.73. The first-order valence-corrected chi connectivity index (χ1v) is 9.62. The molecule has 2 aromatic carbocycles. The van der Waals surface area contributed by atoms with Crippen molar-refractivity contribution in [2.45, 2.75) is 17.9 Å². The van der Waals surface area contributed by atoms with Gasteiger partial charge < -0.3 is 20.7 Å². The highest BCUT2D eigenvalue weighted by molar-refractivity contribution is 7.98. The molecule has 0 unspecified atom stereocenters. The molecule has 0 spiro atoms. The average Bonchev–Trinajstić information content (AvgIpc) is 2.68. The lowest BCUT2D eigenvalue weighted by atomic mass is 9.95. The number of amides is 3. The number of anilines is 1. The van der Waals surface area contributed by atoms with Crippen LogP contribution in [0.2, 0.25) is 0 Å². The van der Waals surface area contributed by atoms with Gasteiger partial charge in [0.25, 0.3) is 5.91 Å². The number of carbonyl (C=O) groups excluding carboxylic acids is 2. The van der Waals surface area contributed by atoms with Crippen molar-refractivity contribution in [2.24, 2.45) is 0 Å². The number of urea groups is 1. The van der Waals surface area contributed by atoms with Crippen molar-refractivity contribution < 1.29 is 14.3 Å². The highest BCUT2D eigenvalue weighted by Crippen LogP contribution is 2.29. The predicted octanol–water partition coefficient (Wildman–Crippen LogP) is 3.68. The first kappa shape index (κ1) is 18.8. The molecule has 1 atom stereocenters. The van der Waals surface area contributed by atoms with Gasteiger partial charge in [-0.2, -0.15) is 0 Å². The molecule has 6 nitrogen and oxygen atoms in total. The molecule has 0 bridgehead atoms. The summed E-state index contributed by atoms with van der Waals surface area (Å²) in [5.74, 6) is 0.436. The first-order valence-electron chi connectivity index (χ1n) is 8.39. The molecule has 2 aromatic rings. The Kier molecular flexibility index (Phi) is 5.71. The molecule has 0 saturated heterocycles. The van der Waals surface area contributed by atoms with E-state index in [0.717, 1.165) is 10.5 Å². The van der Waals surface area contributed by atoms with Crippen LogP contribution < -0.4 is 20.7 Å². The number of thioether (sulfide) groups is 1. The smallest absolute Gasteiger partial charge is 0.319 e. The van der Waals surface area contributed by atoms with E-state index in [1.54, 1.807) is 50.1 Å². The summed E-state index contributed by atoms with van der Waals surface area (Å²) in [4.78, 5) is 26.0. The SMILES string of the molecule is COc1ccc(NC(=O)C2=C(C)NC(=O)N[C@@H]2c2ccc(SC)cc2)cc1. The Morgan fingerprint density at radius 3 is 2.37 bits per heavy atom. The Morgan fingerprint density at radius 2 is 1.78 bits per heavy atom. The second-order valence-corrected chi connectivity index (χ2v) is 6.91. The predicted molar refractivity (Wildman–Crippen MR) is 107 cm³/mol. The molecule has 0 aromatic heterocycles. The molecule has 0 radical (unpaired) electrons. The van der Waals surface area contributed by atoms with Gasteiger partial charge in [0.05, 0.1) is 18.7 Å². The Labute approximate surface area is 162 Å². The summed E-state index contributed by atoms with van der Waals surface area (Å²) in [5, 5.41) is 8.40. The van der Waals surface area contributed by atoms with E-state index in [0.29, 0.717) is 22.7 Å². The average molecular weight is 383 g/mol. The Balaban J connectivity index is 1.88. The number of ether oxygens (including phenoxy) is 1. The van der Waals surface area contributed by atoms with Gasteiger partial charge in [0.2, 0.25) is 0 Å². The number of methoxy groups -OCH3 is 1. The third kappa shape index (κ3) is 4.25. The number of benzene rings is 2. The molecule has 0 aliphatic carbocycles. The fraction of sp³-hybridized carbons (Fsp3) is 0.200. The van der Waals surface area contributed by atoms with Crippen molar-refractivity contribution in [2.75, 3.05) is 18.7 Å². The zero-order valence-electron chi connectivity index (χ0n) is 15.3. The molecular weight excluding hydrogens is 362 g/mol. The van der Waals surface area contributed by atoms with Crippen molar-refractivity contribution >= 4 is 29.4 Å². The van der Waals surface area contributed by atoms with Crippen molar-refractivity contribution in [3.63, 3.8) is 0 Å². The Bertz CT molecular complexity index is 876. The summed E-state index contributed by atoms with van der Waals surface area (Å²) in [6.07, 6.45) is 2.00. The standard InChI is InChI=1S/C20H21N3O3S/c1-12-17(19(24)22-14-6-8-15(26-2)9-7-14)18(23-20(25)21-12)13-4-10-16(27-3)11-5-13/h4-11,18H,1-3H3,(H,22,24)(H2,21,23,25)/t18-/m1/s1. The third-order valence-electron chi connectivity index (χ3n) is 4.31. The molecule has 27 heavy (non-hydrogen) atoms.